The molecular formula is C31H44N2O6. The summed E-state index contributed by atoms with van der Waals surface area (Å²) in [5.74, 6) is 1.43. The lowest BCUT2D eigenvalue weighted by Crippen LogP contribution is -2.35. The highest BCUT2D eigenvalue weighted by Gasteiger charge is 2.17. The molecule has 0 amide bonds. The van der Waals surface area contributed by atoms with Crippen LogP contribution in [0.5, 0.6) is 11.5 Å². The third-order valence-electron chi connectivity index (χ3n) is 7.49. The third-order valence-corrected chi connectivity index (χ3v) is 7.49. The van der Waals surface area contributed by atoms with Gasteiger partial charge in [0, 0.05) is 13.1 Å². The lowest BCUT2D eigenvalue weighted by atomic mass is 9.99. The maximum Gasteiger partial charge on any atom is 0.341 e. The van der Waals surface area contributed by atoms with E-state index in [0.717, 1.165) is 51.1 Å². The predicted molar refractivity (Wildman–Crippen MR) is 152 cm³/mol. The van der Waals surface area contributed by atoms with E-state index in [0.29, 0.717) is 30.3 Å². The number of carboxylic acid groups (broad SMARTS) is 1. The lowest BCUT2D eigenvalue weighted by molar-refractivity contribution is 0.0594. The van der Waals surface area contributed by atoms with Crippen molar-refractivity contribution in [2.45, 2.75) is 39.5 Å². The minimum absolute atomic E-state index is 0.231. The normalized spacial score (nSPS) is 17.1. The first-order valence-electron chi connectivity index (χ1n) is 14.1. The summed E-state index contributed by atoms with van der Waals surface area (Å²) in [6.45, 7) is 12.0. The second kappa shape index (κ2) is 16.1. The number of nitrogens with zero attached hydrogens (tertiary/aromatic N) is 2. The van der Waals surface area contributed by atoms with E-state index in [9.17, 15) is 9.59 Å². The number of benzene rings is 2. The van der Waals surface area contributed by atoms with Gasteiger partial charge >= 0.3 is 11.9 Å². The van der Waals surface area contributed by atoms with E-state index in [1.165, 1.54) is 32.8 Å². The Hall–Kier alpha value is -3.10. The SMILES string of the molecule is CC1CCN(CCOc2ccccc2C(=O)O)CC1.COC(=O)c1ccccc1OCCN1CCC(C)CC1. The van der Waals surface area contributed by atoms with Crippen molar-refractivity contribution in [2.75, 3.05) is 59.6 Å². The van der Waals surface area contributed by atoms with E-state index in [1.54, 1.807) is 30.3 Å². The number of carboxylic acids is 1. The number of rotatable bonds is 10. The maximum absolute atomic E-state index is 11.6. The first kappa shape index (κ1) is 30.4. The molecule has 0 radical (unpaired) electrons. The molecule has 0 unspecified atom stereocenters. The van der Waals surface area contributed by atoms with Gasteiger partial charge < -0.3 is 19.3 Å². The van der Waals surface area contributed by atoms with Crippen LogP contribution in [0.3, 0.4) is 0 Å². The van der Waals surface area contributed by atoms with Gasteiger partial charge in [-0.25, -0.2) is 9.59 Å². The van der Waals surface area contributed by atoms with Crippen molar-refractivity contribution >= 4 is 11.9 Å². The number of piperidine rings is 2. The predicted octanol–water partition coefficient (Wildman–Crippen LogP) is 5.08. The van der Waals surface area contributed by atoms with E-state index >= 15 is 0 Å². The Morgan fingerprint density at radius 1 is 0.744 bits per heavy atom. The Morgan fingerprint density at radius 2 is 1.15 bits per heavy atom. The number of likely N-dealkylation sites (tertiary alicyclic amines) is 2. The number of esters is 1. The summed E-state index contributed by atoms with van der Waals surface area (Å²) >= 11 is 0. The quantitative estimate of drug-likeness (QED) is 0.418. The average molecular weight is 541 g/mol. The van der Waals surface area contributed by atoms with Gasteiger partial charge in [0.2, 0.25) is 0 Å². The first-order valence-corrected chi connectivity index (χ1v) is 14.1. The topological polar surface area (TPSA) is 88.5 Å². The molecule has 8 nitrogen and oxygen atoms in total. The molecule has 2 aromatic rings. The van der Waals surface area contributed by atoms with Gasteiger partial charge in [0.25, 0.3) is 0 Å². The fourth-order valence-electron chi connectivity index (χ4n) is 4.78. The zero-order chi connectivity index (χ0) is 28.0. The Bertz CT molecular complexity index is 1030. The number of hydrogen-bond acceptors (Lipinski definition) is 7. The molecule has 0 atom stereocenters. The average Bonchev–Trinajstić information content (AvgIpc) is 2.95. The van der Waals surface area contributed by atoms with Crippen LogP contribution in [0.15, 0.2) is 48.5 Å². The summed E-state index contributed by atoms with van der Waals surface area (Å²) in [6, 6.07) is 14.0. The molecule has 0 aromatic heterocycles. The van der Waals surface area contributed by atoms with Crippen molar-refractivity contribution in [1.82, 2.24) is 9.80 Å². The summed E-state index contributed by atoms with van der Waals surface area (Å²) in [7, 11) is 1.38. The van der Waals surface area contributed by atoms with Gasteiger partial charge in [0.05, 0.1) is 7.11 Å². The molecule has 2 fully saturated rings. The molecular weight excluding hydrogens is 496 g/mol. The number of methoxy groups -OCH3 is 1. The van der Waals surface area contributed by atoms with Gasteiger partial charge in [0.1, 0.15) is 35.8 Å². The van der Waals surface area contributed by atoms with Crippen LogP contribution < -0.4 is 9.47 Å². The molecule has 2 aliphatic heterocycles. The zero-order valence-electron chi connectivity index (χ0n) is 23.6. The fraction of sp³-hybridized carbons (Fsp3) is 0.548. The Labute approximate surface area is 232 Å². The first-order chi connectivity index (χ1) is 18.9. The molecule has 39 heavy (non-hydrogen) atoms. The van der Waals surface area contributed by atoms with Crippen molar-refractivity contribution in [3.63, 3.8) is 0 Å². The third kappa shape index (κ3) is 10.2. The monoisotopic (exact) mass is 540 g/mol. The molecule has 1 N–H and O–H groups in total. The number of carbonyl (C=O) groups is 2. The number of para-hydroxylation sites is 2. The van der Waals surface area contributed by atoms with E-state index < -0.39 is 5.97 Å². The minimum Gasteiger partial charge on any atom is -0.491 e. The summed E-state index contributed by atoms with van der Waals surface area (Å²) in [5, 5.41) is 9.05. The summed E-state index contributed by atoms with van der Waals surface area (Å²) in [4.78, 5) is 27.5. The second-order valence-electron chi connectivity index (χ2n) is 10.5. The highest BCUT2D eigenvalue weighted by molar-refractivity contribution is 5.92. The smallest absolute Gasteiger partial charge is 0.341 e. The molecule has 0 saturated carbocycles. The van der Waals surface area contributed by atoms with E-state index in [-0.39, 0.29) is 11.5 Å². The molecule has 0 bridgehead atoms. The van der Waals surface area contributed by atoms with Crippen LogP contribution in [0.2, 0.25) is 0 Å². The van der Waals surface area contributed by atoms with Crippen LogP contribution in [0.25, 0.3) is 0 Å². The van der Waals surface area contributed by atoms with Crippen molar-refractivity contribution in [1.29, 1.82) is 0 Å². The van der Waals surface area contributed by atoms with E-state index in [2.05, 4.69) is 23.6 Å². The van der Waals surface area contributed by atoms with Crippen LogP contribution >= 0.6 is 0 Å². The van der Waals surface area contributed by atoms with Crippen molar-refractivity contribution in [3.05, 3.63) is 59.7 Å². The van der Waals surface area contributed by atoms with Crippen LogP contribution in [0, 0.1) is 11.8 Å². The number of carbonyl (C=O) groups excluding carboxylic acids is 1. The molecule has 2 aliphatic rings. The summed E-state index contributed by atoms with van der Waals surface area (Å²) < 4.78 is 16.1. The zero-order valence-corrected chi connectivity index (χ0v) is 23.6. The van der Waals surface area contributed by atoms with Crippen molar-refractivity contribution < 1.29 is 28.9 Å². The maximum atomic E-state index is 11.6. The van der Waals surface area contributed by atoms with Crippen molar-refractivity contribution in [3.8, 4) is 11.5 Å². The lowest BCUT2D eigenvalue weighted by Gasteiger charge is -2.30. The van der Waals surface area contributed by atoms with Gasteiger partial charge in [0.15, 0.2) is 0 Å². The van der Waals surface area contributed by atoms with E-state index in [4.69, 9.17) is 19.3 Å². The molecule has 4 rings (SSSR count). The molecule has 0 spiro atoms. The highest BCUT2D eigenvalue weighted by Crippen LogP contribution is 2.21. The van der Waals surface area contributed by atoms with Gasteiger partial charge in [-0.1, -0.05) is 38.1 Å². The Morgan fingerprint density at radius 3 is 1.59 bits per heavy atom. The van der Waals surface area contributed by atoms with Crippen molar-refractivity contribution in [2.24, 2.45) is 11.8 Å². The van der Waals surface area contributed by atoms with Crippen LogP contribution in [0.1, 0.15) is 60.2 Å². The Balaban J connectivity index is 0.000000216. The van der Waals surface area contributed by atoms with Gasteiger partial charge in [-0.05, 0) is 88.0 Å². The standard InChI is InChI=1S/C16H23NO3.C15H21NO3/c1-13-7-9-17(10-8-13)11-12-20-15-6-4-3-5-14(15)16(18)19-2;1-12-6-8-16(9-7-12)10-11-19-14-5-3-2-4-13(14)15(17)18/h3-6,13H,7-12H2,1-2H3;2-5,12H,6-11H2,1H3,(H,17,18). The van der Waals surface area contributed by atoms with Crippen LogP contribution in [0.4, 0.5) is 0 Å². The summed E-state index contributed by atoms with van der Waals surface area (Å²) in [5.41, 5.74) is 0.719. The minimum atomic E-state index is -0.942. The largest absolute Gasteiger partial charge is 0.491 e. The molecule has 0 aliphatic carbocycles. The Kier molecular flexibility index (Phi) is 12.6. The van der Waals surface area contributed by atoms with Crippen LogP contribution in [-0.2, 0) is 4.74 Å². The van der Waals surface area contributed by atoms with Gasteiger partial charge in [-0.2, -0.15) is 0 Å². The fourth-order valence-corrected chi connectivity index (χ4v) is 4.78. The van der Waals surface area contributed by atoms with Crippen LogP contribution in [-0.4, -0.2) is 86.4 Å². The molecule has 2 heterocycles. The summed E-state index contributed by atoms with van der Waals surface area (Å²) in [6.07, 6.45) is 5.01. The number of aromatic carboxylic acids is 1. The van der Waals surface area contributed by atoms with Gasteiger partial charge in [-0.3, -0.25) is 9.80 Å². The molecule has 2 saturated heterocycles. The van der Waals surface area contributed by atoms with Gasteiger partial charge in [-0.15, -0.1) is 0 Å². The number of ether oxygens (including phenoxy) is 3. The van der Waals surface area contributed by atoms with E-state index in [1.807, 2.05) is 18.2 Å². The molecule has 8 heteroatoms. The number of hydrogen-bond donors (Lipinski definition) is 1. The second-order valence-corrected chi connectivity index (χ2v) is 10.5. The highest BCUT2D eigenvalue weighted by atomic mass is 16.5. The molecule has 214 valence electrons. The molecule has 2 aromatic carbocycles.